The van der Waals surface area contributed by atoms with Gasteiger partial charge in [0.1, 0.15) is 11.3 Å². The molecule has 3 heterocycles. The summed E-state index contributed by atoms with van der Waals surface area (Å²) in [4.78, 5) is 16.8. The van der Waals surface area contributed by atoms with Crippen LogP contribution in [0.25, 0.3) is 0 Å². The molecular weight excluding hydrogens is 230 g/mol. The van der Waals surface area contributed by atoms with Gasteiger partial charge in [-0.25, -0.2) is 0 Å². The highest BCUT2D eigenvalue weighted by molar-refractivity contribution is 5.96. The van der Waals surface area contributed by atoms with Gasteiger partial charge in [0.15, 0.2) is 0 Å². The van der Waals surface area contributed by atoms with E-state index in [0.29, 0.717) is 28.9 Å². The number of aromatic nitrogens is 1. The molecule has 0 radical (unpaired) electrons. The number of likely N-dealkylation sites (tertiary alicyclic amines) is 2. The summed E-state index contributed by atoms with van der Waals surface area (Å²) in [7, 11) is 2.15. The molecule has 1 amide bonds. The molecule has 3 rings (SSSR count). The third-order valence-electron chi connectivity index (χ3n) is 4.20. The van der Waals surface area contributed by atoms with Crippen molar-refractivity contribution in [1.29, 1.82) is 0 Å². The van der Waals surface area contributed by atoms with Crippen molar-refractivity contribution in [1.82, 2.24) is 15.0 Å². The lowest BCUT2D eigenvalue weighted by molar-refractivity contribution is 0.0773. The van der Waals surface area contributed by atoms with Crippen molar-refractivity contribution < 1.29 is 9.32 Å². The maximum atomic E-state index is 12.5. The third kappa shape index (κ3) is 1.73. The molecule has 0 aliphatic carbocycles. The molecular formula is C13H19N3O2. The Labute approximate surface area is 107 Å². The summed E-state index contributed by atoms with van der Waals surface area (Å²) in [5.41, 5.74) is 1.36. The first-order valence-corrected chi connectivity index (χ1v) is 6.47. The molecule has 2 aliphatic rings. The predicted molar refractivity (Wildman–Crippen MR) is 66.4 cm³/mol. The van der Waals surface area contributed by atoms with E-state index in [4.69, 9.17) is 4.52 Å². The Bertz CT molecular complexity index is 449. The Balaban J connectivity index is 1.76. The number of amides is 1. The molecule has 18 heavy (non-hydrogen) atoms. The molecule has 0 spiro atoms. The van der Waals surface area contributed by atoms with E-state index in [0.717, 1.165) is 26.2 Å². The standard InChI is InChI=1S/C13H19N3O2/c1-8-12(9(2)18-14-8)13(17)16-6-10-4-15(3)5-11(10)7-16/h10-11H,4-7H2,1-3H3. The molecule has 5 nitrogen and oxygen atoms in total. The number of fused-ring (bicyclic) bond motifs is 1. The van der Waals surface area contributed by atoms with Crippen LogP contribution in [0, 0.1) is 25.7 Å². The van der Waals surface area contributed by atoms with E-state index >= 15 is 0 Å². The number of aryl methyl sites for hydroxylation is 2. The highest BCUT2D eigenvalue weighted by atomic mass is 16.5. The van der Waals surface area contributed by atoms with Gasteiger partial charge in [0.05, 0.1) is 5.69 Å². The van der Waals surface area contributed by atoms with Gasteiger partial charge in [-0.15, -0.1) is 0 Å². The Hall–Kier alpha value is -1.36. The van der Waals surface area contributed by atoms with Crippen LogP contribution in [0.5, 0.6) is 0 Å². The van der Waals surface area contributed by atoms with Gasteiger partial charge >= 0.3 is 0 Å². The average Bonchev–Trinajstić information content (AvgIpc) is 2.91. The van der Waals surface area contributed by atoms with Crippen LogP contribution in [0.15, 0.2) is 4.52 Å². The molecule has 0 N–H and O–H groups in total. The molecule has 2 atom stereocenters. The van der Waals surface area contributed by atoms with Gasteiger partial charge in [-0.1, -0.05) is 5.16 Å². The Kier molecular flexibility index (Phi) is 2.66. The second kappa shape index (κ2) is 4.09. The first kappa shape index (κ1) is 11.7. The van der Waals surface area contributed by atoms with Crippen molar-refractivity contribution in [2.24, 2.45) is 11.8 Å². The number of carbonyl (C=O) groups is 1. The minimum absolute atomic E-state index is 0.0864. The molecule has 2 unspecified atom stereocenters. The second-order valence-electron chi connectivity index (χ2n) is 5.65. The van der Waals surface area contributed by atoms with Crippen LogP contribution in [0.2, 0.25) is 0 Å². The fourth-order valence-electron chi connectivity index (χ4n) is 3.34. The number of hydrogen-bond donors (Lipinski definition) is 0. The van der Waals surface area contributed by atoms with Crippen LogP contribution in [0.3, 0.4) is 0 Å². The minimum atomic E-state index is 0.0864. The second-order valence-corrected chi connectivity index (χ2v) is 5.65. The maximum absolute atomic E-state index is 12.5. The molecule has 1 aromatic rings. The molecule has 1 aromatic heterocycles. The van der Waals surface area contributed by atoms with E-state index < -0.39 is 0 Å². The number of carbonyl (C=O) groups excluding carboxylic acids is 1. The number of nitrogens with zero attached hydrogens (tertiary/aromatic N) is 3. The summed E-state index contributed by atoms with van der Waals surface area (Å²) in [6, 6.07) is 0. The summed E-state index contributed by atoms with van der Waals surface area (Å²) in [5.74, 6) is 1.99. The quantitative estimate of drug-likeness (QED) is 0.743. The Morgan fingerprint density at radius 1 is 1.22 bits per heavy atom. The highest BCUT2D eigenvalue weighted by Crippen LogP contribution is 2.31. The van der Waals surface area contributed by atoms with Crippen molar-refractivity contribution >= 4 is 5.91 Å². The van der Waals surface area contributed by atoms with Crippen molar-refractivity contribution in [3.63, 3.8) is 0 Å². The van der Waals surface area contributed by atoms with E-state index in [1.54, 1.807) is 6.92 Å². The van der Waals surface area contributed by atoms with Crippen LogP contribution in [-0.2, 0) is 0 Å². The zero-order valence-corrected chi connectivity index (χ0v) is 11.1. The summed E-state index contributed by atoms with van der Waals surface area (Å²) < 4.78 is 5.08. The molecule has 0 aromatic carbocycles. The van der Waals surface area contributed by atoms with Gasteiger partial charge in [-0.3, -0.25) is 4.79 Å². The SMILES string of the molecule is Cc1noc(C)c1C(=O)N1CC2CN(C)CC2C1. The van der Waals surface area contributed by atoms with E-state index in [9.17, 15) is 4.79 Å². The third-order valence-corrected chi connectivity index (χ3v) is 4.20. The number of rotatable bonds is 1. The minimum Gasteiger partial charge on any atom is -0.361 e. The monoisotopic (exact) mass is 249 g/mol. The Morgan fingerprint density at radius 2 is 1.83 bits per heavy atom. The first-order valence-electron chi connectivity index (χ1n) is 6.47. The summed E-state index contributed by atoms with van der Waals surface area (Å²) in [6.07, 6.45) is 0. The molecule has 0 saturated carbocycles. The summed E-state index contributed by atoms with van der Waals surface area (Å²) in [6.45, 7) is 7.59. The van der Waals surface area contributed by atoms with Crippen molar-refractivity contribution in [2.75, 3.05) is 33.2 Å². The maximum Gasteiger partial charge on any atom is 0.259 e. The van der Waals surface area contributed by atoms with Crippen molar-refractivity contribution in [2.45, 2.75) is 13.8 Å². The van der Waals surface area contributed by atoms with E-state index in [1.165, 1.54) is 0 Å². The van der Waals surface area contributed by atoms with Gasteiger partial charge in [0.2, 0.25) is 0 Å². The van der Waals surface area contributed by atoms with Gasteiger partial charge in [-0.05, 0) is 32.7 Å². The highest BCUT2D eigenvalue weighted by Gasteiger charge is 2.41. The zero-order chi connectivity index (χ0) is 12.9. The molecule has 2 saturated heterocycles. The smallest absolute Gasteiger partial charge is 0.259 e. The van der Waals surface area contributed by atoms with Crippen molar-refractivity contribution in [3.8, 4) is 0 Å². The molecule has 0 bridgehead atoms. The van der Waals surface area contributed by atoms with Gasteiger partial charge in [0, 0.05) is 26.2 Å². The lowest BCUT2D eigenvalue weighted by Gasteiger charge is -2.19. The van der Waals surface area contributed by atoms with Crippen LogP contribution >= 0.6 is 0 Å². The molecule has 98 valence electrons. The topological polar surface area (TPSA) is 49.6 Å². The van der Waals surface area contributed by atoms with Crippen molar-refractivity contribution in [3.05, 3.63) is 17.0 Å². The van der Waals surface area contributed by atoms with E-state index in [1.807, 2.05) is 11.8 Å². The van der Waals surface area contributed by atoms with Crippen LogP contribution in [0.1, 0.15) is 21.8 Å². The lowest BCUT2D eigenvalue weighted by Crippen LogP contribution is -2.32. The van der Waals surface area contributed by atoms with Gasteiger partial charge in [-0.2, -0.15) is 0 Å². The van der Waals surface area contributed by atoms with Crippen LogP contribution in [0.4, 0.5) is 0 Å². The normalized spacial score (nSPS) is 27.8. The largest absolute Gasteiger partial charge is 0.361 e. The first-order chi connectivity index (χ1) is 8.56. The fourth-order valence-corrected chi connectivity index (χ4v) is 3.34. The molecule has 2 fully saturated rings. The fraction of sp³-hybridized carbons (Fsp3) is 0.692. The lowest BCUT2D eigenvalue weighted by atomic mass is 10.0. The van der Waals surface area contributed by atoms with E-state index in [2.05, 4.69) is 17.1 Å². The number of hydrogen-bond acceptors (Lipinski definition) is 4. The molecule has 5 heteroatoms. The average molecular weight is 249 g/mol. The zero-order valence-electron chi connectivity index (χ0n) is 11.1. The van der Waals surface area contributed by atoms with Crippen LogP contribution < -0.4 is 0 Å². The van der Waals surface area contributed by atoms with Gasteiger partial charge < -0.3 is 14.3 Å². The van der Waals surface area contributed by atoms with Crippen LogP contribution in [-0.4, -0.2) is 54.1 Å². The summed E-state index contributed by atoms with van der Waals surface area (Å²) >= 11 is 0. The van der Waals surface area contributed by atoms with E-state index in [-0.39, 0.29) is 5.91 Å². The summed E-state index contributed by atoms with van der Waals surface area (Å²) in [5, 5.41) is 3.86. The Morgan fingerprint density at radius 3 is 2.33 bits per heavy atom. The van der Waals surface area contributed by atoms with Gasteiger partial charge in [0.25, 0.3) is 5.91 Å². The molecule has 2 aliphatic heterocycles. The predicted octanol–water partition coefficient (Wildman–Crippen LogP) is 0.925.